The first-order valence-electron chi connectivity index (χ1n) is 34.6. The number of aliphatic hydroxyl groups excluding tert-OH is 1. The molecular weight excluding hydrogens is 1130 g/mol. The van der Waals surface area contributed by atoms with Crippen molar-refractivity contribution in [1.82, 2.24) is 0 Å². The molecule has 2 unspecified atom stereocenters. The summed E-state index contributed by atoms with van der Waals surface area (Å²) >= 11 is 0. The van der Waals surface area contributed by atoms with Gasteiger partial charge in [-0.3, -0.25) is 37.3 Å². The molecule has 0 saturated carbocycles. The van der Waals surface area contributed by atoms with Crippen LogP contribution in [-0.2, 0) is 65.4 Å². The molecule has 0 rings (SSSR count). The number of esters is 4. The van der Waals surface area contributed by atoms with Gasteiger partial charge in [-0.25, -0.2) is 9.13 Å². The molecule has 0 aliphatic rings. The largest absolute Gasteiger partial charge is 0.472 e. The fourth-order valence-corrected chi connectivity index (χ4v) is 11.5. The van der Waals surface area contributed by atoms with Gasteiger partial charge in [0.25, 0.3) is 0 Å². The van der Waals surface area contributed by atoms with E-state index in [0.717, 1.165) is 103 Å². The van der Waals surface area contributed by atoms with E-state index in [1.807, 2.05) is 0 Å². The van der Waals surface area contributed by atoms with Gasteiger partial charge in [0.05, 0.1) is 26.4 Å². The Balaban J connectivity index is 5.09. The van der Waals surface area contributed by atoms with Crippen LogP contribution >= 0.6 is 15.6 Å². The van der Waals surface area contributed by atoms with Gasteiger partial charge in [0, 0.05) is 25.7 Å². The summed E-state index contributed by atoms with van der Waals surface area (Å²) in [6, 6.07) is 0. The third-order valence-electron chi connectivity index (χ3n) is 15.3. The Hall–Kier alpha value is -1.94. The van der Waals surface area contributed by atoms with E-state index in [-0.39, 0.29) is 25.7 Å². The van der Waals surface area contributed by atoms with Crippen LogP contribution in [0, 0.1) is 5.92 Å². The molecule has 0 bridgehead atoms. The van der Waals surface area contributed by atoms with Gasteiger partial charge in [-0.2, -0.15) is 0 Å². The molecule has 0 aromatic rings. The summed E-state index contributed by atoms with van der Waals surface area (Å²) in [5.74, 6) is -1.44. The first kappa shape index (κ1) is 83.1. The van der Waals surface area contributed by atoms with Gasteiger partial charge in [0.1, 0.15) is 19.3 Å². The lowest BCUT2D eigenvalue weighted by molar-refractivity contribution is -0.161. The fourth-order valence-electron chi connectivity index (χ4n) is 9.94. The molecule has 17 nitrogen and oxygen atoms in total. The third kappa shape index (κ3) is 60.7. The van der Waals surface area contributed by atoms with Crippen LogP contribution in [0.1, 0.15) is 336 Å². The van der Waals surface area contributed by atoms with Gasteiger partial charge in [-0.05, 0) is 31.6 Å². The number of carbonyl (C=O) groups excluding carboxylic acids is 4. The Bertz CT molecular complexity index is 1650. The molecule has 504 valence electrons. The molecule has 0 aromatic carbocycles. The number of ether oxygens (including phenoxy) is 4. The average Bonchev–Trinajstić information content (AvgIpc) is 3.55. The first-order chi connectivity index (χ1) is 41.0. The van der Waals surface area contributed by atoms with E-state index in [0.29, 0.717) is 31.6 Å². The van der Waals surface area contributed by atoms with Crippen LogP contribution in [0.2, 0.25) is 0 Å². The van der Waals surface area contributed by atoms with Gasteiger partial charge in [-0.1, -0.05) is 285 Å². The molecule has 0 aliphatic heterocycles. The highest BCUT2D eigenvalue weighted by Crippen LogP contribution is 2.45. The Morgan fingerprint density at radius 3 is 0.800 bits per heavy atom. The van der Waals surface area contributed by atoms with Crippen molar-refractivity contribution in [2.45, 2.75) is 355 Å². The summed E-state index contributed by atoms with van der Waals surface area (Å²) in [4.78, 5) is 72.0. The molecule has 5 atom stereocenters. The summed E-state index contributed by atoms with van der Waals surface area (Å²) in [7, 11) is -9.88. The number of hydrogen-bond acceptors (Lipinski definition) is 15. The molecule has 0 amide bonds. The van der Waals surface area contributed by atoms with E-state index in [4.69, 9.17) is 37.0 Å². The van der Waals surface area contributed by atoms with Crippen LogP contribution in [0.3, 0.4) is 0 Å². The highest BCUT2D eigenvalue weighted by atomic mass is 31.2. The molecule has 85 heavy (non-hydrogen) atoms. The predicted octanol–water partition coefficient (Wildman–Crippen LogP) is 18.6. The number of unbranched alkanes of at least 4 members (excludes halogenated alkanes) is 38. The van der Waals surface area contributed by atoms with Crippen LogP contribution in [0.15, 0.2) is 0 Å². The average molecular weight is 1260 g/mol. The monoisotopic (exact) mass is 1250 g/mol. The van der Waals surface area contributed by atoms with E-state index in [1.54, 1.807) is 0 Å². The van der Waals surface area contributed by atoms with E-state index >= 15 is 0 Å². The second-order valence-electron chi connectivity index (χ2n) is 24.3. The van der Waals surface area contributed by atoms with E-state index < -0.39 is 97.5 Å². The van der Waals surface area contributed by atoms with Crippen molar-refractivity contribution >= 4 is 39.5 Å². The summed E-state index contributed by atoms with van der Waals surface area (Å²) in [5, 5.41) is 10.5. The SMILES string of the molecule is CCCCCCCCCCCCCCCCCCCCCCC(=O)O[C@H](COC(=O)CCCCCCCCCC(C)C)COP(=O)(O)OC[C@@H](O)COP(=O)(O)OC[C@@H](COC(=O)CCCCCCC)OC(=O)CCCCCCCCCCCC. The number of phosphoric acid groups is 2. The molecule has 0 aromatic heterocycles. The Morgan fingerprint density at radius 2 is 0.541 bits per heavy atom. The lowest BCUT2D eigenvalue weighted by atomic mass is 10.0. The van der Waals surface area contributed by atoms with Crippen LogP contribution in [0.4, 0.5) is 0 Å². The Morgan fingerprint density at radius 1 is 0.318 bits per heavy atom. The topological polar surface area (TPSA) is 237 Å². The second kappa shape index (κ2) is 59.7. The lowest BCUT2D eigenvalue weighted by Gasteiger charge is -2.21. The molecule has 19 heteroatoms. The van der Waals surface area contributed by atoms with E-state index in [2.05, 4.69) is 34.6 Å². The molecule has 0 radical (unpaired) electrons. The zero-order chi connectivity index (χ0) is 62.8. The summed E-state index contributed by atoms with van der Waals surface area (Å²) < 4.78 is 67.8. The van der Waals surface area contributed by atoms with E-state index in [9.17, 15) is 43.2 Å². The highest BCUT2D eigenvalue weighted by Gasteiger charge is 2.30. The Labute approximate surface area is 517 Å². The second-order valence-corrected chi connectivity index (χ2v) is 27.2. The van der Waals surface area contributed by atoms with Crippen molar-refractivity contribution < 1.29 is 80.2 Å². The van der Waals surface area contributed by atoms with Gasteiger partial charge >= 0.3 is 39.5 Å². The summed E-state index contributed by atoms with van der Waals surface area (Å²) in [5.41, 5.74) is 0. The zero-order valence-electron chi connectivity index (χ0n) is 54.7. The maximum Gasteiger partial charge on any atom is 0.472 e. The number of phosphoric ester groups is 2. The van der Waals surface area contributed by atoms with Crippen LogP contribution in [0.5, 0.6) is 0 Å². The highest BCUT2D eigenvalue weighted by molar-refractivity contribution is 7.47. The molecule has 0 fully saturated rings. The van der Waals surface area contributed by atoms with Crippen molar-refractivity contribution in [2.75, 3.05) is 39.6 Å². The van der Waals surface area contributed by atoms with Crippen LogP contribution in [-0.4, -0.2) is 96.7 Å². The van der Waals surface area contributed by atoms with Gasteiger partial charge < -0.3 is 33.8 Å². The number of hydrogen-bond donors (Lipinski definition) is 3. The van der Waals surface area contributed by atoms with Crippen molar-refractivity contribution in [1.29, 1.82) is 0 Å². The third-order valence-corrected chi connectivity index (χ3v) is 17.2. The quantitative estimate of drug-likeness (QED) is 0.0222. The van der Waals surface area contributed by atoms with Crippen molar-refractivity contribution in [3.63, 3.8) is 0 Å². The minimum atomic E-state index is -4.94. The molecule has 3 N–H and O–H groups in total. The zero-order valence-corrected chi connectivity index (χ0v) is 56.5. The van der Waals surface area contributed by atoms with Crippen LogP contribution in [0.25, 0.3) is 0 Å². The number of aliphatic hydroxyl groups is 1. The van der Waals surface area contributed by atoms with Gasteiger partial charge in [0.15, 0.2) is 12.2 Å². The van der Waals surface area contributed by atoms with Gasteiger partial charge in [-0.15, -0.1) is 0 Å². The molecule has 0 heterocycles. The Kier molecular flexibility index (Phi) is 58.3. The number of rotatable bonds is 66. The fraction of sp³-hybridized carbons (Fsp3) is 0.939. The minimum absolute atomic E-state index is 0.105. The standard InChI is InChI=1S/C66H128O17P2/c1-6-9-12-15-17-19-21-22-23-24-25-26-27-28-29-30-32-36-42-47-52-66(71)83-62(56-77-64(69)50-45-40-37-33-34-39-43-48-59(4)5)58-81-85(74,75)79-54-60(67)53-78-84(72,73)80-57-61(55-76-63(68)49-44-38-14-11-8-3)82-65(70)51-46-41-35-31-20-18-16-13-10-7-2/h59-62,67H,6-58H2,1-5H3,(H,72,73)(H,74,75)/t60-,61+,62+/m0/s1. The lowest BCUT2D eigenvalue weighted by Crippen LogP contribution is -2.30. The maximum atomic E-state index is 13.0. The minimum Gasteiger partial charge on any atom is -0.462 e. The van der Waals surface area contributed by atoms with Crippen molar-refractivity contribution in [3.05, 3.63) is 0 Å². The van der Waals surface area contributed by atoms with Crippen molar-refractivity contribution in [3.8, 4) is 0 Å². The van der Waals surface area contributed by atoms with Crippen molar-refractivity contribution in [2.24, 2.45) is 5.92 Å². The summed E-state index contributed by atoms with van der Waals surface area (Å²) in [6.45, 7) is 7.06. The summed E-state index contributed by atoms with van der Waals surface area (Å²) in [6.07, 6.45) is 45.0. The van der Waals surface area contributed by atoms with Crippen LogP contribution < -0.4 is 0 Å². The molecule has 0 spiro atoms. The maximum absolute atomic E-state index is 13.0. The van der Waals surface area contributed by atoms with E-state index in [1.165, 1.54) is 148 Å². The molecular formula is C66H128O17P2. The molecule has 0 saturated heterocycles. The number of carbonyl (C=O) groups is 4. The normalized spacial score (nSPS) is 14.2. The smallest absolute Gasteiger partial charge is 0.462 e. The molecule has 0 aliphatic carbocycles. The first-order valence-corrected chi connectivity index (χ1v) is 37.6. The van der Waals surface area contributed by atoms with Gasteiger partial charge in [0.2, 0.25) is 0 Å². The predicted molar refractivity (Wildman–Crippen MR) is 340 cm³/mol.